The van der Waals surface area contributed by atoms with Crippen molar-refractivity contribution >= 4 is 35.2 Å². The third-order valence-electron chi connectivity index (χ3n) is 2.48. The lowest BCUT2D eigenvalue weighted by Crippen LogP contribution is -2.25. The summed E-state index contributed by atoms with van der Waals surface area (Å²) in [6.45, 7) is 1.83. The molecular weight excluding hydrogens is 290 g/mol. The van der Waals surface area contributed by atoms with E-state index < -0.39 is 5.97 Å². The summed E-state index contributed by atoms with van der Waals surface area (Å²) in [7, 11) is 0. The van der Waals surface area contributed by atoms with E-state index in [4.69, 9.17) is 16.6 Å². The Hall–Kier alpha value is -2.67. The first-order chi connectivity index (χ1) is 10.0. The molecule has 2 N–H and O–H groups in total. The topological polar surface area (TPSA) is 89.7 Å². The molecule has 0 fully saturated rings. The van der Waals surface area contributed by atoms with Crippen LogP contribution < -0.4 is 15.8 Å². The van der Waals surface area contributed by atoms with Crippen molar-refractivity contribution in [2.24, 2.45) is 5.10 Å². The van der Waals surface area contributed by atoms with Crippen molar-refractivity contribution in [3.63, 3.8) is 0 Å². The van der Waals surface area contributed by atoms with Crippen molar-refractivity contribution in [2.75, 3.05) is 5.32 Å². The zero-order chi connectivity index (χ0) is 15.2. The number of furan rings is 1. The Labute approximate surface area is 126 Å². The number of rotatable bonds is 4. The van der Waals surface area contributed by atoms with Gasteiger partial charge in [0.15, 0.2) is 5.11 Å². The minimum atomic E-state index is -1.25. The molecule has 0 atom stereocenters. The van der Waals surface area contributed by atoms with E-state index in [1.165, 1.54) is 18.3 Å². The van der Waals surface area contributed by atoms with Gasteiger partial charge in [0.25, 0.3) is 0 Å². The second-order valence-corrected chi connectivity index (χ2v) is 4.55. The van der Waals surface area contributed by atoms with Crippen LogP contribution in [0.15, 0.2) is 45.9 Å². The molecule has 21 heavy (non-hydrogen) atoms. The Balaban J connectivity index is 1.91. The molecule has 1 aromatic heterocycles. The predicted octanol–water partition coefficient (Wildman–Crippen LogP) is 1.27. The molecular formula is C14H12N3O3S-. The molecule has 0 saturated carbocycles. The van der Waals surface area contributed by atoms with E-state index in [1.807, 2.05) is 13.0 Å². The standard InChI is InChI=1S/C14H13N3O3S/c1-9-5-6-12(20-9)8-15-17-14(21)16-11-4-2-3-10(7-11)13(18)19/h2-8H,1H3,(H,18,19)(H2,16,17,21)/p-1/b15-8-. The van der Waals surface area contributed by atoms with Crippen LogP contribution in [0, 0.1) is 6.92 Å². The van der Waals surface area contributed by atoms with Crippen LogP contribution in [0.4, 0.5) is 5.69 Å². The first-order valence-corrected chi connectivity index (χ1v) is 6.43. The van der Waals surface area contributed by atoms with E-state index in [2.05, 4.69) is 15.8 Å². The third-order valence-corrected chi connectivity index (χ3v) is 2.67. The van der Waals surface area contributed by atoms with Crippen LogP contribution in [0.5, 0.6) is 0 Å². The summed E-state index contributed by atoms with van der Waals surface area (Å²) in [4.78, 5) is 10.7. The predicted molar refractivity (Wildman–Crippen MR) is 81.2 cm³/mol. The molecule has 1 aromatic carbocycles. The number of hydrogen-bond donors (Lipinski definition) is 2. The quantitative estimate of drug-likeness (QED) is 0.502. The van der Waals surface area contributed by atoms with Gasteiger partial charge in [0, 0.05) is 5.69 Å². The summed E-state index contributed by atoms with van der Waals surface area (Å²) in [6.07, 6.45) is 1.48. The fourth-order valence-corrected chi connectivity index (χ4v) is 1.73. The van der Waals surface area contributed by atoms with Gasteiger partial charge < -0.3 is 19.6 Å². The van der Waals surface area contributed by atoms with Gasteiger partial charge in [-0.15, -0.1) is 0 Å². The highest BCUT2D eigenvalue weighted by molar-refractivity contribution is 7.80. The maximum absolute atomic E-state index is 10.7. The van der Waals surface area contributed by atoms with Crippen molar-refractivity contribution < 1.29 is 14.3 Å². The van der Waals surface area contributed by atoms with E-state index in [1.54, 1.807) is 18.2 Å². The highest BCUT2D eigenvalue weighted by Crippen LogP contribution is 2.09. The Bertz CT molecular complexity index is 694. The zero-order valence-corrected chi connectivity index (χ0v) is 11.9. The summed E-state index contributed by atoms with van der Waals surface area (Å²) < 4.78 is 5.30. The normalized spacial score (nSPS) is 10.5. The van der Waals surface area contributed by atoms with Crippen LogP contribution in [-0.2, 0) is 0 Å². The molecule has 0 aliphatic rings. The maximum Gasteiger partial charge on any atom is 0.191 e. The molecule has 2 aromatic rings. The smallest absolute Gasteiger partial charge is 0.191 e. The van der Waals surface area contributed by atoms with Gasteiger partial charge in [-0.05, 0) is 49.0 Å². The molecule has 0 bridgehead atoms. The SMILES string of the molecule is Cc1ccc(/C=N\NC(=S)Nc2cccc(C(=O)[O-])c2)o1. The van der Waals surface area contributed by atoms with Gasteiger partial charge >= 0.3 is 0 Å². The number of hydrazone groups is 1. The molecule has 0 aliphatic heterocycles. The average Bonchev–Trinajstić information content (AvgIpc) is 2.84. The van der Waals surface area contributed by atoms with Gasteiger partial charge in [0.2, 0.25) is 0 Å². The number of nitrogens with zero attached hydrogens (tertiary/aromatic N) is 1. The Morgan fingerprint density at radius 1 is 1.38 bits per heavy atom. The molecule has 108 valence electrons. The average molecular weight is 302 g/mol. The van der Waals surface area contributed by atoms with E-state index in [0.717, 1.165) is 5.76 Å². The highest BCUT2D eigenvalue weighted by atomic mass is 32.1. The van der Waals surface area contributed by atoms with Gasteiger partial charge in [0.05, 0.1) is 12.2 Å². The monoisotopic (exact) mass is 302 g/mol. The highest BCUT2D eigenvalue weighted by Gasteiger charge is 1.99. The summed E-state index contributed by atoms with van der Waals surface area (Å²) >= 11 is 5.04. The van der Waals surface area contributed by atoms with E-state index in [9.17, 15) is 9.90 Å². The van der Waals surface area contributed by atoms with E-state index in [-0.39, 0.29) is 10.7 Å². The van der Waals surface area contributed by atoms with Crippen LogP contribution in [0.1, 0.15) is 21.9 Å². The number of carbonyl (C=O) groups is 1. The molecule has 0 radical (unpaired) electrons. The van der Waals surface area contributed by atoms with Crippen molar-refractivity contribution in [1.82, 2.24) is 5.43 Å². The van der Waals surface area contributed by atoms with Gasteiger partial charge in [-0.2, -0.15) is 5.10 Å². The van der Waals surface area contributed by atoms with Crippen LogP contribution in [-0.4, -0.2) is 17.3 Å². The molecule has 6 nitrogen and oxygen atoms in total. The number of benzene rings is 1. The van der Waals surface area contributed by atoms with Crippen molar-refractivity contribution in [1.29, 1.82) is 0 Å². The van der Waals surface area contributed by atoms with Gasteiger partial charge in [-0.25, -0.2) is 0 Å². The Morgan fingerprint density at radius 3 is 2.86 bits per heavy atom. The summed E-state index contributed by atoms with van der Waals surface area (Å²) in [5.41, 5.74) is 3.20. The first kappa shape index (κ1) is 14.7. The van der Waals surface area contributed by atoms with Crippen molar-refractivity contribution in [3.8, 4) is 0 Å². The molecule has 2 rings (SSSR count). The minimum absolute atomic E-state index is 0.0670. The van der Waals surface area contributed by atoms with E-state index >= 15 is 0 Å². The van der Waals surface area contributed by atoms with Crippen LogP contribution in [0.2, 0.25) is 0 Å². The lowest BCUT2D eigenvalue weighted by atomic mass is 10.2. The molecule has 0 aliphatic carbocycles. The molecule has 0 saturated heterocycles. The summed E-state index contributed by atoms with van der Waals surface area (Å²) in [5.74, 6) is 0.140. The van der Waals surface area contributed by atoms with Crippen molar-refractivity contribution in [3.05, 3.63) is 53.5 Å². The second kappa shape index (κ2) is 6.67. The Kier molecular flexibility index (Phi) is 4.68. The van der Waals surface area contributed by atoms with Gasteiger partial charge in [0.1, 0.15) is 11.5 Å². The number of aryl methyl sites for hydroxylation is 1. The van der Waals surface area contributed by atoms with Gasteiger partial charge in [-0.1, -0.05) is 12.1 Å². The number of thiocarbonyl (C=S) groups is 1. The number of aromatic carboxylic acids is 1. The van der Waals surface area contributed by atoms with E-state index in [0.29, 0.717) is 11.4 Å². The third kappa shape index (κ3) is 4.43. The second-order valence-electron chi connectivity index (χ2n) is 4.14. The first-order valence-electron chi connectivity index (χ1n) is 6.02. The minimum Gasteiger partial charge on any atom is -0.545 e. The fourth-order valence-electron chi connectivity index (χ4n) is 1.56. The zero-order valence-electron chi connectivity index (χ0n) is 11.1. The largest absolute Gasteiger partial charge is 0.545 e. The fraction of sp³-hybridized carbons (Fsp3) is 0.0714. The number of nitrogens with one attached hydrogen (secondary N) is 2. The maximum atomic E-state index is 10.7. The molecule has 0 spiro atoms. The molecule has 7 heteroatoms. The van der Waals surface area contributed by atoms with Crippen LogP contribution in [0.25, 0.3) is 0 Å². The van der Waals surface area contributed by atoms with Crippen LogP contribution >= 0.6 is 12.2 Å². The molecule has 0 unspecified atom stereocenters. The molecule has 1 heterocycles. The lowest BCUT2D eigenvalue weighted by Gasteiger charge is -2.09. The lowest BCUT2D eigenvalue weighted by molar-refractivity contribution is -0.255. The van der Waals surface area contributed by atoms with Gasteiger partial charge in [-0.3, -0.25) is 5.43 Å². The summed E-state index contributed by atoms with van der Waals surface area (Å²) in [5, 5.41) is 17.7. The Morgan fingerprint density at radius 2 is 2.19 bits per heavy atom. The number of hydrogen-bond acceptors (Lipinski definition) is 5. The number of carboxylic acids is 1. The number of carbonyl (C=O) groups excluding carboxylic acids is 1. The van der Waals surface area contributed by atoms with Crippen LogP contribution in [0.3, 0.4) is 0 Å². The van der Waals surface area contributed by atoms with Crippen molar-refractivity contribution in [2.45, 2.75) is 6.92 Å². The number of anilines is 1. The summed E-state index contributed by atoms with van der Waals surface area (Å²) in [6, 6.07) is 9.73. The molecule has 0 amide bonds. The number of carboxylic acid groups (broad SMARTS) is 1.